The molecule has 0 saturated carbocycles. The number of rotatable bonds is 6. The van der Waals surface area contributed by atoms with Crippen LogP contribution in [0.1, 0.15) is 44.9 Å². The highest BCUT2D eigenvalue weighted by atomic mass is 32.1. The van der Waals surface area contributed by atoms with Crippen LogP contribution in [0.2, 0.25) is 0 Å². The number of nitrogens with zero attached hydrogens (tertiary/aromatic N) is 4. The number of amides is 1. The van der Waals surface area contributed by atoms with Crippen LogP contribution >= 0.6 is 11.3 Å². The van der Waals surface area contributed by atoms with Crippen LogP contribution in [0.25, 0.3) is 10.2 Å². The maximum Gasteiger partial charge on any atom is 0.262 e. The summed E-state index contributed by atoms with van der Waals surface area (Å²) in [5.41, 5.74) is 1.34. The molecule has 4 aromatic rings. The maximum atomic E-state index is 13.6. The van der Waals surface area contributed by atoms with Crippen molar-refractivity contribution in [2.45, 2.75) is 32.4 Å². The van der Waals surface area contributed by atoms with Crippen LogP contribution in [0, 0.1) is 6.92 Å². The van der Waals surface area contributed by atoms with Gasteiger partial charge in [0.05, 0.1) is 24.5 Å². The van der Waals surface area contributed by atoms with Crippen molar-refractivity contribution in [3.05, 3.63) is 68.6 Å². The number of fused-ring (bicyclic) bond motifs is 2. The number of aromatic nitrogens is 4. The monoisotopic (exact) mass is 479 g/mol. The Morgan fingerprint density at radius 3 is 2.59 bits per heavy atom. The summed E-state index contributed by atoms with van der Waals surface area (Å²) in [4.78, 5) is 36.8. The number of hydrogen-bond donors (Lipinski definition) is 1. The predicted octanol–water partition coefficient (Wildman–Crippen LogP) is 2.98. The Labute approximate surface area is 200 Å². The van der Waals surface area contributed by atoms with Gasteiger partial charge in [-0.3, -0.25) is 14.2 Å². The van der Waals surface area contributed by atoms with Crippen LogP contribution in [-0.2, 0) is 20.0 Å². The Morgan fingerprint density at radius 2 is 1.94 bits per heavy atom. The number of aryl methyl sites for hydroxylation is 3. The van der Waals surface area contributed by atoms with E-state index >= 15 is 0 Å². The second kappa shape index (κ2) is 8.60. The first-order chi connectivity index (χ1) is 16.4. The molecule has 1 unspecified atom stereocenters. The van der Waals surface area contributed by atoms with E-state index in [2.05, 4.69) is 15.3 Å². The molecule has 0 aliphatic carbocycles. The van der Waals surface area contributed by atoms with Crippen LogP contribution in [0.15, 0.2) is 35.4 Å². The lowest BCUT2D eigenvalue weighted by Gasteiger charge is -2.20. The number of ether oxygens (including phenoxy) is 2. The standard InChI is InChI=1S/C24H25N5O4S/c1-13-18-23(26-17-6-5-8-29(17)24(18)31)34-20(13)22(30)27-19(21-25-7-9-28(21)2)14-10-15(32-3)12-16(11-14)33-4/h7,9-12,19H,5-6,8H2,1-4H3,(H,27,30). The second-order valence-electron chi connectivity index (χ2n) is 8.27. The topological polar surface area (TPSA) is 100 Å². The van der Waals surface area contributed by atoms with Gasteiger partial charge in [0.2, 0.25) is 0 Å². The van der Waals surface area contributed by atoms with Crippen LogP contribution in [-0.4, -0.2) is 39.2 Å². The molecule has 0 bridgehead atoms. The molecule has 0 radical (unpaired) electrons. The van der Waals surface area contributed by atoms with Gasteiger partial charge in [-0.1, -0.05) is 0 Å². The summed E-state index contributed by atoms with van der Waals surface area (Å²) in [6.07, 6.45) is 5.20. The van der Waals surface area contributed by atoms with Gasteiger partial charge in [0.15, 0.2) is 0 Å². The van der Waals surface area contributed by atoms with Gasteiger partial charge in [0.1, 0.15) is 34.0 Å². The number of hydrogen-bond acceptors (Lipinski definition) is 7. The molecule has 1 aliphatic rings. The summed E-state index contributed by atoms with van der Waals surface area (Å²) in [7, 11) is 5.03. The molecule has 1 atom stereocenters. The Hall–Kier alpha value is -3.66. The number of benzene rings is 1. The van der Waals surface area contributed by atoms with Crippen LogP contribution in [0.5, 0.6) is 11.5 Å². The summed E-state index contributed by atoms with van der Waals surface area (Å²) in [6.45, 7) is 2.48. The molecule has 1 amide bonds. The Bertz CT molecular complexity index is 1450. The third-order valence-electron chi connectivity index (χ3n) is 6.22. The second-order valence-corrected chi connectivity index (χ2v) is 9.27. The molecule has 1 aliphatic heterocycles. The minimum absolute atomic E-state index is 0.0662. The lowest BCUT2D eigenvalue weighted by atomic mass is 10.0. The third-order valence-corrected chi connectivity index (χ3v) is 7.40. The first kappa shape index (κ1) is 22.1. The van der Waals surface area contributed by atoms with Gasteiger partial charge >= 0.3 is 0 Å². The molecule has 0 spiro atoms. The van der Waals surface area contributed by atoms with E-state index in [0.717, 1.165) is 24.2 Å². The van der Waals surface area contributed by atoms with E-state index in [9.17, 15) is 9.59 Å². The van der Waals surface area contributed by atoms with E-state index in [4.69, 9.17) is 9.47 Å². The fourth-order valence-corrected chi connectivity index (χ4v) is 5.53. The highest BCUT2D eigenvalue weighted by Gasteiger charge is 2.27. The summed E-state index contributed by atoms with van der Waals surface area (Å²) in [5, 5.41) is 3.64. The summed E-state index contributed by atoms with van der Waals surface area (Å²) >= 11 is 1.25. The normalized spacial score (nSPS) is 13.6. The van der Waals surface area contributed by atoms with Gasteiger partial charge in [0.25, 0.3) is 11.5 Å². The fourth-order valence-electron chi connectivity index (χ4n) is 4.44. The van der Waals surface area contributed by atoms with Gasteiger partial charge in [-0.25, -0.2) is 9.97 Å². The van der Waals surface area contributed by atoms with Crippen molar-refractivity contribution in [2.75, 3.05) is 14.2 Å². The first-order valence-corrected chi connectivity index (χ1v) is 11.8. The predicted molar refractivity (Wildman–Crippen MR) is 129 cm³/mol. The van der Waals surface area contributed by atoms with Gasteiger partial charge in [0, 0.05) is 38.5 Å². The zero-order chi connectivity index (χ0) is 24.0. The van der Waals surface area contributed by atoms with E-state index in [1.165, 1.54) is 11.3 Å². The Balaban J connectivity index is 1.58. The number of methoxy groups -OCH3 is 2. The lowest BCUT2D eigenvalue weighted by molar-refractivity contribution is 0.0944. The minimum Gasteiger partial charge on any atom is -0.497 e. The average Bonchev–Trinajstić information content (AvgIpc) is 3.56. The van der Waals surface area contributed by atoms with Crippen molar-refractivity contribution in [2.24, 2.45) is 7.05 Å². The molecule has 3 aromatic heterocycles. The van der Waals surface area contributed by atoms with Crippen molar-refractivity contribution in [3.8, 4) is 11.5 Å². The van der Waals surface area contributed by atoms with E-state index in [-0.39, 0.29) is 11.5 Å². The SMILES string of the molecule is COc1cc(OC)cc(C(NC(=O)c2sc3nc4n(c(=O)c3c2C)CCC4)c2nccn2C)c1. The number of carbonyl (C=O) groups excluding carboxylic acids is 1. The van der Waals surface area contributed by atoms with E-state index < -0.39 is 6.04 Å². The molecule has 0 fully saturated rings. The zero-order valence-corrected chi connectivity index (χ0v) is 20.2. The molecular weight excluding hydrogens is 454 g/mol. The first-order valence-electron chi connectivity index (χ1n) is 10.9. The Morgan fingerprint density at radius 1 is 1.21 bits per heavy atom. The minimum atomic E-state index is -0.569. The van der Waals surface area contributed by atoms with Gasteiger partial charge in [-0.15, -0.1) is 11.3 Å². The highest BCUT2D eigenvalue weighted by Crippen LogP contribution is 2.32. The fraction of sp³-hybridized carbons (Fsp3) is 0.333. The van der Waals surface area contributed by atoms with Gasteiger partial charge in [-0.2, -0.15) is 0 Å². The summed E-state index contributed by atoms with van der Waals surface area (Å²) in [5.74, 6) is 2.36. The molecule has 5 rings (SSSR count). The molecule has 1 N–H and O–H groups in total. The highest BCUT2D eigenvalue weighted by molar-refractivity contribution is 7.20. The third kappa shape index (κ3) is 3.63. The van der Waals surface area contributed by atoms with Crippen LogP contribution in [0.4, 0.5) is 0 Å². The average molecular weight is 480 g/mol. The van der Waals surface area contributed by atoms with Gasteiger partial charge in [-0.05, 0) is 36.6 Å². The van der Waals surface area contributed by atoms with Gasteiger partial charge < -0.3 is 19.4 Å². The number of imidazole rings is 1. The molecule has 4 heterocycles. The number of thiophene rings is 1. The van der Waals surface area contributed by atoms with E-state index in [1.807, 2.05) is 36.9 Å². The smallest absolute Gasteiger partial charge is 0.262 e. The molecule has 1 aromatic carbocycles. The molecule has 34 heavy (non-hydrogen) atoms. The van der Waals surface area contributed by atoms with Crippen molar-refractivity contribution in [1.82, 2.24) is 24.4 Å². The van der Waals surface area contributed by atoms with Crippen LogP contribution in [0.3, 0.4) is 0 Å². The van der Waals surface area contributed by atoms with Crippen molar-refractivity contribution < 1.29 is 14.3 Å². The van der Waals surface area contributed by atoms with Crippen LogP contribution < -0.4 is 20.3 Å². The molecule has 0 saturated heterocycles. The van der Waals surface area contributed by atoms with Crippen molar-refractivity contribution >= 4 is 27.5 Å². The molecular formula is C24H25N5O4S. The van der Waals surface area contributed by atoms with Crippen molar-refractivity contribution in [1.29, 1.82) is 0 Å². The summed E-state index contributed by atoms with van der Waals surface area (Å²) in [6, 6.07) is 4.90. The van der Waals surface area contributed by atoms with E-state index in [0.29, 0.717) is 44.5 Å². The largest absolute Gasteiger partial charge is 0.497 e. The maximum absolute atomic E-state index is 13.6. The molecule has 176 valence electrons. The zero-order valence-electron chi connectivity index (χ0n) is 19.4. The Kier molecular flexibility index (Phi) is 5.60. The quantitative estimate of drug-likeness (QED) is 0.456. The number of nitrogens with one attached hydrogen (secondary N) is 1. The summed E-state index contributed by atoms with van der Waals surface area (Å²) < 4.78 is 14.4. The molecule has 10 heteroatoms. The van der Waals surface area contributed by atoms with Crippen molar-refractivity contribution in [3.63, 3.8) is 0 Å². The lowest BCUT2D eigenvalue weighted by Crippen LogP contribution is -2.31. The van der Waals surface area contributed by atoms with E-state index in [1.54, 1.807) is 31.0 Å². The number of carbonyl (C=O) groups is 1. The molecule has 9 nitrogen and oxygen atoms in total.